The summed E-state index contributed by atoms with van der Waals surface area (Å²) in [6, 6.07) is 9.95. The van der Waals surface area contributed by atoms with Crippen LogP contribution < -0.4 is 11.5 Å². The number of nitrogens with two attached hydrogens (primary N) is 1. The fraction of sp³-hybridized carbons (Fsp3) is 0.333. The second-order valence-corrected chi connectivity index (χ2v) is 2.56. The first-order valence-electron chi connectivity index (χ1n) is 3.79. The van der Waals surface area contributed by atoms with E-state index in [1.807, 2.05) is 30.3 Å². The molecule has 1 unspecified atom stereocenters. The van der Waals surface area contributed by atoms with Gasteiger partial charge in [0.05, 0.1) is 0 Å². The van der Waals surface area contributed by atoms with Crippen molar-refractivity contribution in [3.8, 4) is 0 Å². The van der Waals surface area contributed by atoms with Crippen molar-refractivity contribution in [2.45, 2.75) is 12.5 Å². The summed E-state index contributed by atoms with van der Waals surface area (Å²) in [6.45, 7) is 0.399. The van der Waals surface area contributed by atoms with Gasteiger partial charge in [0.15, 0.2) is 0 Å². The minimum atomic E-state index is 0.0358. The third-order valence-electron chi connectivity index (χ3n) is 1.68. The Morgan fingerprint density at radius 1 is 1.27 bits per heavy atom. The van der Waals surface area contributed by atoms with Gasteiger partial charge in [0, 0.05) is 12.6 Å². The molecule has 0 aliphatic rings. The van der Waals surface area contributed by atoms with Crippen molar-refractivity contribution in [1.82, 2.24) is 5.73 Å². The number of benzene rings is 1. The van der Waals surface area contributed by atoms with Gasteiger partial charge in [0.1, 0.15) is 0 Å². The zero-order chi connectivity index (χ0) is 8.10. The normalized spacial score (nSPS) is 12.9. The molecule has 1 aromatic carbocycles. The Labute approximate surface area is 67.2 Å². The van der Waals surface area contributed by atoms with Crippen LogP contribution in [0.4, 0.5) is 0 Å². The van der Waals surface area contributed by atoms with Crippen LogP contribution >= 0.6 is 0 Å². The molecule has 1 radical (unpaired) electrons. The Morgan fingerprint density at radius 3 is 2.45 bits per heavy atom. The highest BCUT2D eigenvalue weighted by Gasteiger charge is 2.01. The summed E-state index contributed by atoms with van der Waals surface area (Å²) in [5.41, 5.74) is 13.9. The summed E-state index contributed by atoms with van der Waals surface area (Å²) in [4.78, 5) is 0. The Kier molecular flexibility index (Phi) is 3.08. The molecule has 0 heterocycles. The molecule has 2 heteroatoms. The third-order valence-corrected chi connectivity index (χ3v) is 1.68. The molecule has 59 valence electrons. The summed E-state index contributed by atoms with van der Waals surface area (Å²) in [5.74, 6) is 0. The maximum Gasteiger partial charge on any atom is 0.0307 e. The lowest BCUT2D eigenvalue weighted by atomic mass is 10.1. The molecular formula is C9H13N2. The van der Waals surface area contributed by atoms with E-state index in [1.54, 1.807) is 0 Å². The molecule has 0 saturated heterocycles. The van der Waals surface area contributed by atoms with Gasteiger partial charge in [-0.15, -0.1) is 0 Å². The van der Waals surface area contributed by atoms with Gasteiger partial charge in [0.25, 0.3) is 0 Å². The standard InChI is InChI=1S/C9H13N2/c10-7-6-9(11)8-4-2-1-3-5-8/h1-5,9-10H,6-7,11H2. The number of nitrogens with one attached hydrogen (secondary N) is 1. The molecule has 0 saturated carbocycles. The highest BCUT2D eigenvalue weighted by Crippen LogP contribution is 2.11. The van der Waals surface area contributed by atoms with Crippen LogP contribution in [0.2, 0.25) is 0 Å². The van der Waals surface area contributed by atoms with E-state index in [9.17, 15) is 0 Å². The lowest BCUT2D eigenvalue weighted by Gasteiger charge is -2.08. The zero-order valence-corrected chi connectivity index (χ0v) is 6.46. The van der Waals surface area contributed by atoms with Crippen LogP contribution in [-0.4, -0.2) is 6.54 Å². The predicted molar refractivity (Wildman–Crippen MR) is 46.0 cm³/mol. The van der Waals surface area contributed by atoms with E-state index in [-0.39, 0.29) is 6.04 Å². The SMILES string of the molecule is [NH]CCC(N)c1ccccc1. The molecule has 11 heavy (non-hydrogen) atoms. The average Bonchev–Trinajstić information content (AvgIpc) is 2.07. The maximum atomic E-state index is 7.00. The van der Waals surface area contributed by atoms with Crippen molar-refractivity contribution in [3.63, 3.8) is 0 Å². The fourth-order valence-corrected chi connectivity index (χ4v) is 1.02. The predicted octanol–water partition coefficient (Wildman–Crippen LogP) is 1.36. The highest BCUT2D eigenvalue weighted by atomic mass is 14.7. The molecule has 2 nitrogen and oxygen atoms in total. The van der Waals surface area contributed by atoms with E-state index in [0.717, 1.165) is 12.0 Å². The second kappa shape index (κ2) is 4.11. The van der Waals surface area contributed by atoms with Crippen LogP contribution in [0.15, 0.2) is 30.3 Å². The molecule has 0 aliphatic heterocycles. The topological polar surface area (TPSA) is 49.8 Å². The molecule has 3 N–H and O–H groups in total. The summed E-state index contributed by atoms with van der Waals surface area (Å²) in [7, 11) is 0. The van der Waals surface area contributed by atoms with E-state index in [0.29, 0.717) is 6.54 Å². The number of hydrogen-bond donors (Lipinski definition) is 1. The van der Waals surface area contributed by atoms with Gasteiger partial charge in [-0.1, -0.05) is 30.3 Å². The van der Waals surface area contributed by atoms with Crippen molar-refractivity contribution in [2.75, 3.05) is 6.54 Å². The summed E-state index contributed by atoms with van der Waals surface area (Å²) < 4.78 is 0. The summed E-state index contributed by atoms with van der Waals surface area (Å²) >= 11 is 0. The first-order valence-corrected chi connectivity index (χ1v) is 3.79. The number of rotatable bonds is 3. The minimum Gasteiger partial charge on any atom is -0.324 e. The van der Waals surface area contributed by atoms with Gasteiger partial charge in [-0.3, -0.25) is 5.73 Å². The molecule has 0 aromatic heterocycles. The molecule has 0 spiro atoms. The van der Waals surface area contributed by atoms with E-state index in [2.05, 4.69) is 0 Å². The third kappa shape index (κ3) is 2.33. The fourth-order valence-electron chi connectivity index (χ4n) is 1.02. The summed E-state index contributed by atoms with van der Waals surface area (Å²) in [5, 5.41) is 0. The van der Waals surface area contributed by atoms with Crippen LogP contribution in [0.25, 0.3) is 0 Å². The van der Waals surface area contributed by atoms with Crippen molar-refractivity contribution >= 4 is 0 Å². The van der Waals surface area contributed by atoms with Crippen molar-refractivity contribution in [1.29, 1.82) is 0 Å². The van der Waals surface area contributed by atoms with Crippen LogP contribution in [0.3, 0.4) is 0 Å². The van der Waals surface area contributed by atoms with Gasteiger partial charge in [-0.25, -0.2) is 0 Å². The smallest absolute Gasteiger partial charge is 0.0307 e. The maximum absolute atomic E-state index is 7.00. The van der Waals surface area contributed by atoms with Gasteiger partial charge in [0.2, 0.25) is 0 Å². The van der Waals surface area contributed by atoms with E-state index < -0.39 is 0 Å². The molecule has 0 aliphatic carbocycles. The molecule has 1 rings (SSSR count). The van der Waals surface area contributed by atoms with Gasteiger partial charge < -0.3 is 5.73 Å². The average molecular weight is 149 g/mol. The molecule has 1 aromatic rings. The Morgan fingerprint density at radius 2 is 1.91 bits per heavy atom. The zero-order valence-electron chi connectivity index (χ0n) is 6.46. The monoisotopic (exact) mass is 149 g/mol. The van der Waals surface area contributed by atoms with Crippen molar-refractivity contribution < 1.29 is 0 Å². The molecule has 0 amide bonds. The van der Waals surface area contributed by atoms with E-state index >= 15 is 0 Å². The van der Waals surface area contributed by atoms with Crippen molar-refractivity contribution in [3.05, 3.63) is 35.9 Å². The van der Waals surface area contributed by atoms with Gasteiger partial charge in [-0.05, 0) is 12.0 Å². The van der Waals surface area contributed by atoms with Crippen LogP contribution in [0, 0.1) is 0 Å². The molecule has 0 fully saturated rings. The number of hydrogen-bond acceptors (Lipinski definition) is 1. The van der Waals surface area contributed by atoms with Crippen LogP contribution in [0.5, 0.6) is 0 Å². The highest BCUT2D eigenvalue weighted by molar-refractivity contribution is 5.18. The molecule has 1 atom stereocenters. The van der Waals surface area contributed by atoms with E-state index in [1.165, 1.54) is 0 Å². The molecule has 0 bridgehead atoms. The van der Waals surface area contributed by atoms with Crippen LogP contribution in [0.1, 0.15) is 18.0 Å². The van der Waals surface area contributed by atoms with Gasteiger partial charge >= 0.3 is 0 Å². The minimum absolute atomic E-state index is 0.0358. The van der Waals surface area contributed by atoms with Crippen LogP contribution in [-0.2, 0) is 0 Å². The Hall–Kier alpha value is -0.860. The largest absolute Gasteiger partial charge is 0.324 e. The van der Waals surface area contributed by atoms with Crippen molar-refractivity contribution in [2.24, 2.45) is 5.73 Å². The van der Waals surface area contributed by atoms with Gasteiger partial charge in [-0.2, -0.15) is 0 Å². The summed E-state index contributed by atoms with van der Waals surface area (Å²) in [6.07, 6.45) is 0.740. The Bertz CT molecular complexity index is 196. The first-order chi connectivity index (χ1) is 5.34. The lowest BCUT2D eigenvalue weighted by molar-refractivity contribution is 0.655. The molecular weight excluding hydrogens is 136 g/mol. The quantitative estimate of drug-likeness (QED) is 0.693. The van der Waals surface area contributed by atoms with E-state index in [4.69, 9.17) is 11.5 Å². The lowest BCUT2D eigenvalue weighted by Crippen LogP contribution is -2.11. The second-order valence-electron chi connectivity index (χ2n) is 2.56. The Balaban J connectivity index is 2.61. The first kappa shape index (κ1) is 8.24.